The van der Waals surface area contributed by atoms with E-state index in [9.17, 15) is 0 Å². The molecule has 0 unspecified atom stereocenters. The zero-order valence-corrected chi connectivity index (χ0v) is 12.9. The van der Waals surface area contributed by atoms with Gasteiger partial charge in [0.2, 0.25) is 0 Å². The van der Waals surface area contributed by atoms with Crippen LogP contribution in [0.1, 0.15) is 20.3 Å². The third-order valence-electron chi connectivity index (χ3n) is 3.62. The Kier molecular flexibility index (Phi) is 5.07. The second-order valence-electron chi connectivity index (χ2n) is 5.66. The van der Waals surface area contributed by atoms with Crippen molar-refractivity contribution in [1.82, 2.24) is 0 Å². The van der Waals surface area contributed by atoms with E-state index in [0.717, 1.165) is 35.2 Å². The zero-order chi connectivity index (χ0) is 13.0. The van der Waals surface area contributed by atoms with Gasteiger partial charge in [0.05, 0.1) is 13.1 Å². The maximum absolute atomic E-state index is 5.79. The lowest BCUT2D eigenvalue weighted by atomic mass is 9.92. The maximum Gasteiger partial charge on any atom is 0.137 e. The number of piperidine rings is 1. The van der Waals surface area contributed by atoms with Gasteiger partial charge in [-0.2, -0.15) is 0 Å². The number of quaternary nitrogens is 1. The van der Waals surface area contributed by atoms with Crippen LogP contribution < -0.4 is 9.64 Å². The summed E-state index contributed by atoms with van der Waals surface area (Å²) in [6.45, 7) is 9.26. The number of benzene rings is 1. The average molecular weight is 313 g/mol. The van der Waals surface area contributed by atoms with Crippen LogP contribution in [0.5, 0.6) is 5.75 Å². The molecule has 1 heterocycles. The van der Waals surface area contributed by atoms with Crippen LogP contribution >= 0.6 is 15.9 Å². The van der Waals surface area contributed by atoms with E-state index in [1.807, 2.05) is 24.3 Å². The molecule has 100 valence electrons. The molecular formula is C15H23BrNO+. The summed E-state index contributed by atoms with van der Waals surface area (Å²) in [6, 6.07) is 8.07. The highest BCUT2D eigenvalue weighted by Crippen LogP contribution is 2.16. The molecule has 1 aromatic rings. The van der Waals surface area contributed by atoms with Crippen LogP contribution in [0.15, 0.2) is 28.7 Å². The fourth-order valence-corrected chi connectivity index (χ4v) is 3.23. The lowest BCUT2D eigenvalue weighted by Crippen LogP contribution is -3.14. The molecule has 0 amide bonds. The van der Waals surface area contributed by atoms with E-state index in [-0.39, 0.29) is 0 Å². The molecule has 0 aliphatic carbocycles. The third kappa shape index (κ3) is 4.29. The van der Waals surface area contributed by atoms with Crippen molar-refractivity contribution in [2.24, 2.45) is 11.8 Å². The first-order valence-corrected chi connectivity index (χ1v) is 7.64. The van der Waals surface area contributed by atoms with Gasteiger partial charge in [0.15, 0.2) is 0 Å². The summed E-state index contributed by atoms with van der Waals surface area (Å²) in [7, 11) is 0. The quantitative estimate of drug-likeness (QED) is 0.901. The number of rotatable bonds is 4. The van der Waals surface area contributed by atoms with E-state index in [1.165, 1.54) is 19.5 Å². The highest BCUT2D eigenvalue weighted by atomic mass is 79.9. The largest absolute Gasteiger partial charge is 0.488 e. The molecule has 1 aliphatic heterocycles. The summed E-state index contributed by atoms with van der Waals surface area (Å²) < 4.78 is 6.89. The number of likely N-dealkylation sites (tertiary alicyclic amines) is 1. The minimum Gasteiger partial charge on any atom is -0.488 e. The van der Waals surface area contributed by atoms with E-state index in [2.05, 4.69) is 29.8 Å². The summed E-state index contributed by atoms with van der Waals surface area (Å²) in [5.41, 5.74) is 0. The molecule has 0 spiro atoms. The van der Waals surface area contributed by atoms with Gasteiger partial charge in [-0.1, -0.05) is 29.8 Å². The molecule has 2 nitrogen and oxygen atoms in total. The van der Waals surface area contributed by atoms with E-state index in [4.69, 9.17) is 4.74 Å². The molecule has 3 heteroatoms. The molecule has 0 bridgehead atoms. The van der Waals surface area contributed by atoms with Gasteiger partial charge < -0.3 is 9.64 Å². The monoisotopic (exact) mass is 312 g/mol. The minimum absolute atomic E-state index is 0.816. The van der Waals surface area contributed by atoms with Crippen LogP contribution in [0.4, 0.5) is 0 Å². The van der Waals surface area contributed by atoms with Gasteiger partial charge in [0, 0.05) is 16.3 Å². The molecule has 0 radical (unpaired) electrons. The highest BCUT2D eigenvalue weighted by Gasteiger charge is 2.24. The molecule has 1 aromatic carbocycles. The molecule has 0 saturated carbocycles. The van der Waals surface area contributed by atoms with Gasteiger partial charge in [-0.15, -0.1) is 0 Å². The Morgan fingerprint density at radius 1 is 1.17 bits per heavy atom. The van der Waals surface area contributed by atoms with Gasteiger partial charge in [-0.3, -0.25) is 0 Å². The molecule has 1 saturated heterocycles. The summed E-state index contributed by atoms with van der Waals surface area (Å²) in [6.07, 6.45) is 1.39. The second-order valence-corrected chi connectivity index (χ2v) is 6.57. The molecule has 1 N–H and O–H groups in total. The number of nitrogens with one attached hydrogen (secondary N) is 1. The van der Waals surface area contributed by atoms with Gasteiger partial charge >= 0.3 is 0 Å². The van der Waals surface area contributed by atoms with Crippen molar-refractivity contribution >= 4 is 15.9 Å². The summed E-state index contributed by atoms with van der Waals surface area (Å²) in [5.74, 6) is 2.68. The van der Waals surface area contributed by atoms with Crippen molar-refractivity contribution in [2.75, 3.05) is 26.2 Å². The summed E-state index contributed by atoms with van der Waals surface area (Å²) in [5, 5.41) is 0. The zero-order valence-electron chi connectivity index (χ0n) is 11.3. The van der Waals surface area contributed by atoms with E-state index < -0.39 is 0 Å². The molecular weight excluding hydrogens is 290 g/mol. The van der Waals surface area contributed by atoms with Crippen molar-refractivity contribution in [3.8, 4) is 5.75 Å². The second kappa shape index (κ2) is 6.58. The lowest BCUT2D eigenvalue weighted by Gasteiger charge is -2.31. The maximum atomic E-state index is 5.79. The van der Waals surface area contributed by atoms with Crippen LogP contribution in [0.25, 0.3) is 0 Å². The minimum atomic E-state index is 0.816. The van der Waals surface area contributed by atoms with E-state index in [1.54, 1.807) is 4.90 Å². The number of ether oxygens (including phenoxy) is 1. The predicted octanol–water partition coefficient (Wildman–Crippen LogP) is 2.39. The van der Waals surface area contributed by atoms with Gasteiger partial charge in [0.1, 0.15) is 18.9 Å². The first kappa shape index (κ1) is 13.9. The molecule has 1 aliphatic rings. The Hall–Kier alpha value is -0.540. The Morgan fingerprint density at radius 3 is 2.39 bits per heavy atom. The van der Waals surface area contributed by atoms with Crippen LogP contribution in [0.3, 0.4) is 0 Å². The molecule has 2 rings (SSSR count). The number of halogens is 1. The molecule has 1 fully saturated rings. The standard InChI is InChI=1S/C15H22BrNO/c1-12-9-13(2)11-17(10-12)7-8-18-15-5-3-14(16)4-6-15/h3-6,12-13H,7-11H2,1-2H3/p+1/t12-,13-/m1/s1. The van der Waals surface area contributed by atoms with Crippen LogP contribution in [0.2, 0.25) is 0 Å². The number of hydrogen-bond acceptors (Lipinski definition) is 1. The molecule has 0 aromatic heterocycles. The molecule has 18 heavy (non-hydrogen) atoms. The van der Waals surface area contributed by atoms with E-state index in [0.29, 0.717) is 0 Å². The first-order chi connectivity index (χ1) is 8.63. The topological polar surface area (TPSA) is 13.7 Å². The van der Waals surface area contributed by atoms with Gasteiger partial charge in [0.25, 0.3) is 0 Å². The van der Waals surface area contributed by atoms with Crippen LogP contribution in [-0.4, -0.2) is 26.2 Å². The van der Waals surface area contributed by atoms with Crippen molar-refractivity contribution in [1.29, 1.82) is 0 Å². The van der Waals surface area contributed by atoms with Crippen molar-refractivity contribution in [2.45, 2.75) is 20.3 Å². The van der Waals surface area contributed by atoms with Gasteiger partial charge in [-0.25, -0.2) is 0 Å². The normalized spacial score (nSPS) is 28.1. The van der Waals surface area contributed by atoms with Crippen molar-refractivity contribution < 1.29 is 9.64 Å². The summed E-state index contributed by atoms with van der Waals surface area (Å²) in [4.78, 5) is 1.69. The van der Waals surface area contributed by atoms with Gasteiger partial charge in [-0.05, 0) is 30.7 Å². The van der Waals surface area contributed by atoms with E-state index >= 15 is 0 Å². The Balaban J connectivity index is 1.73. The third-order valence-corrected chi connectivity index (χ3v) is 4.15. The Labute approximate surface area is 118 Å². The first-order valence-electron chi connectivity index (χ1n) is 6.85. The van der Waals surface area contributed by atoms with Crippen LogP contribution in [0, 0.1) is 11.8 Å². The predicted molar refractivity (Wildman–Crippen MR) is 78.1 cm³/mol. The highest BCUT2D eigenvalue weighted by molar-refractivity contribution is 9.10. The molecule has 2 atom stereocenters. The van der Waals surface area contributed by atoms with Crippen LogP contribution in [-0.2, 0) is 0 Å². The number of hydrogen-bond donors (Lipinski definition) is 1. The SMILES string of the molecule is C[C@@H]1C[C@@H](C)C[NH+](CCOc2ccc(Br)cc2)C1. The van der Waals surface area contributed by atoms with Crippen molar-refractivity contribution in [3.05, 3.63) is 28.7 Å². The lowest BCUT2D eigenvalue weighted by molar-refractivity contribution is -0.912. The Morgan fingerprint density at radius 2 is 1.78 bits per heavy atom. The van der Waals surface area contributed by atoms with Crippen molar-refractivity contribution in [3.63, 3.8) is 0 Å². The fourth-order valence-electron chi connectivity index (χ4n) is 2.97. The Bertz CT molecular complexity index is 355. The summed E-state index contributed by atoms with van der Waals surface area (Å²) >= 11 is 3.43. The smallest absolute Gasteiger partial charge is 0.137 e. The fraction of sp³-hybridized carbons (Fsp3) is 0.600. The average Bonchev–Trinajstić information content (AvgIpc) is 2.30.